The van der Waals surface area contributed by atoms with E-state index < -0.39 is 62.3 Å². The van der Waals surface area contributed by atoms with Gasteiger partial charge in [-0.2, -0.15) is 26.3 Å². The van der Waals surface area contributed by atoms with Crippen LogP contribution in [0, 0.1) is 0 Å². The van der Waals surface area contributed by atoms with E-state index in [-0.39, 0.29) is 36.6 Å². The van der Waals surface area contributed by atoms with Gasteiger partial charge in [-0.25, -0.2) is 8.42 Å². The summed E-state index contributed by atoms with van der Waals surface area (Å²) >= 11 is 0. The van der Waals surface area contributed by atoms with Gasteiger partial charge < -0.3 is 9.80 Å². The van der Waals surface area contributed by atoms with Crippen LogP contribution < -0.4 is 4.72 Å². The first kappa shape index (κ1) is 30.7. The summed E-state index contributed by atoms with van der Waals surface area (Å²) in [6.07, 6.45) is -7.68. The molecule has 1 N–H and O–H groups in total. The van der Waals surface area contributed by atoms with Crippen LogP contribution in [0.1, 0.15) is 32.0 Å². The van der Waals surface area contributed by atoms with Crippen molar-refractivity contribution in [2.24, 2.45) is 0 Å². The molecule has 1 aliphatic rings. The quantitative estimate of drug-likeness (QED) is 0.306. The number of sulfonamides is 1. The van der Waals surface area contributed by atoms with Crippen molar-refractivity contribution in [3.8, 4) is 0 Å². The van der Waals surface area contributed by atoms with E-state index in [1.807, 2.05) is 4.72 Å². The third kappa shape index (κ3) is 6.15. The summed E-state index contributed by atoms with van der Waals surface area (Å²) in [4.78, 5) is 35.1. The molecule has 44 heavy (non-hydrogen) atoms. The molecule has 4 aromatic rings. The van der Waals surface area contributed by atoms with Gasteiger partial charge >= 0.3 is 12.4 Å². The van der Waals surface area contributed by atoms with Gasteiger partial charge in [0.15, 0.2) is 5.69 Å². The van der Waals surface area contributed by atoms with Gasteiger partial charge in [0.2, 0.25) is 0 Å². The molecule has 2 amide bonds. The SMILES string of the molecule is O=C(c1ccc(NS(=O)(=O)c2cccc3cccnc23)c(C(F)(F)F)c1)N1CCN(C(=O)c2cccnc2C(F)(F)F)CC1. The van der Waals surface area contributed by atoms with E-state index in [1.165, 1.54) is 24.4 Å². The molecule has 3 heterocycles. The summed E-state index contributed by atoms with van der Waals surface area (Å²) in [6, 6.07) is 11.9. The first-order valence-electron chi connectivity index (χ1n) is 12.9. The number of aromatic nitrogens is 2. The Bertz CT molecular complexity index is 1850. The maximum Gasteiger partial charge on any atom is 0.434 e. The third-order valence-corrected chi connectivity index (χ3v) is 8.26. The van der Waals surface area contributed by atoms with Crippen molar-refractivity contribution in [2.45, 2.75) is 17.2 Å². The van der Waals surface area contributed by atoms with Crippen molar-refractivity contribution in [2.75, 3.05) is 30.9 Å². The lowest BCUT2D eigenvalue weighted by Crippen LogP contribution is -2.50. The summed E-state index contributed by atoms with van der Waals surface area (Å²) in [5.74, 6) is -1.79. The summed E-state index contributed by atoms with van der Waals surface area (Å²) in [6.45, 7) is -0.703. The molecule has 16 heteroatoms. The van der Waals surface area contributed by atoms with Gasteiger partial charge in [0.1, 0.15) is 4.90 Å². The van der Waals surface area contributed by atoms with Crippen LogP contribution in [0.3, 0.4) is 0 Å². The molecule has 0 radical (unpaired) electrons. The fourth-order valence-corrected chi connectivity index (χ4v) is 6.02. The van der Waals surface area contributed by atoms with Crippen molar-refractivity contribution >= 4 is 38.4 Å². The molecule has 0 unspecified atom stereocenters. The number of benzene rings is 2. The molecule has 9 nitrogen and oxygen atoms in total. The smallest absolute Gasteiger partial charge is 0.335 e. The van der Waals surface area contributed by atoms with Crippen LogP contribution in [0.5, 0.6) is 0 Å². The number of halogens is 6. The van der Waals surface area contributed by atoms with Crippen molar-refractivity contribution in [1.29, 1.82) is 0 Å². The van der Waals surface area contributed by atoms with E-state index in [9.17, 15) is 44.3 Å². The number of rotatable bonds is 5. The number of fused-ring (bicyclic) bond motifs is 1. The Kier molecular flexibility index (Phi) is 7.96. The van der Waals surface area contributed by atoms with Crippen LogP contribution in [-0.2, 0) is 22.4 Å². The monoisotopic (exact) mass is 637 g/mol. The molecule has 0 saturated carbocycles. The number of alkyl halides is 6. The summed E-state index contributed by atoms with van der Waals surface area (Å²) in [5.41, 5.74) is -4.58. The minimum Gasteiger partial charge on any atom is -0.335 e. The van der Waals surface area contributed by atoms with E-state index in [1.54, 1.807) is 18.2 Å². The topological polar surface area (TPSA) is 113 Å². The second kappa shape index (κ2) is 11.4. The standard InChI is InChI=1S/C28H21F6N5O4S/c29-27(30,31)20-16-18(8-9-21(20)37-44(42,43)22-7-1-4-17-5-2-10-35-23(17)22)25(40)38-12-14-39(15-13-38)26(41)19-6-3-11-36-24(19)28(32,33)34/h1-11,16,37H,12-15H2. The molecule has 0 atom stereocenters. The van der Waals surface area contributed by atoms with Gasteiger partial charge in [0.25, 0.3) is 21.8 Å². The Balaban J connectivity index is 1.35. The van der Waals surface area contributed by atoms with Crippen molar-refractivity contribution in [3.05, 3.63) is 95.4 Å². The molecule has 5 rings (SSSR count). The molecule has 2 aromatic heterocycles. The number of anilines is 1. The molecule has 0 bridgehead atoms. The number of piperazine rings is 1. The Hall–Kier alpha value is -4.73. The Labute approximate surface area is 246 Å². The molecule has 1 fully saturated rings. The fourth-order valence-electron chi connectivity index (χ4n) is 4.76. The van der Waals surface area contributed by atoms with Gasteiger partial charge in [0.05, 0.1) is 22.3 Å². The van der Waals surface area contributed by atoms with Crippen LogP contribution in [0.25, 0.3) is 10.9 Å². The summed E-state index contributed by atoms with van der Waals surface area (Å²) in [5, 5.41) is 0.454. The minimum atomic E-state index is -5.06. The lowest BCUT2D eigenvalue weighted by atomic mass is 10.1. The van der Waals surface area contributed by atoms with Crippen LogP contribution in [0.2, 0.25) is 0 Å². The number of nitrogens with one attached hydrogen (secondary N) is 1. The second-order valence-corrected chi connectivity index (χ2v) is 11.3. The zero-order valence-electron chi connectivity index (χ0n) is 22.4. The van der Waals surface area contributed by atoms with Gasteiger partial charge in [-0.05, 0) is 42.5 Å². The Morgan fingerprint density at radius 2 is 1.36 bits per heavy atom. The Morgan fingerprint density at radius 1 is 0.750 bits per heavy atom. The highest BCUT2D eigenvalue weighted by atomic mass is 32.2. The molecule has 1 saturated heterocycles. The molecule has 230 valence electrons. The van der Waals surface area contributed by atoms with Crippen molar-refractivity contribution in [1.82, 2.24) is 19.8 Å². The van der Waals surface area contributed by atoms with E-state index in [2.05, 4.69) is 9.97 Å². The molecular weight excluding hydrogens is 616 g/mol. The number of amides is 2. The molecular formula is C28H21F6N5O4S. The molecule has 0 spiro atoms. The van der Waals surface area contributed by atoms with Gasteiger partial charge in [-0.15, -0.1) is 0 Å². The zero-order chi connectivity index (χ0) is 31.9. The molecule has 2 aromatic carbocycles. The number of carbonyl (C=O) groups excluding carboxylic acids is 2. The molecule has 1 aliphatic heterocycles. The second-order valence-electron chi connectivity index (χ2n) is 9.68. The lowest BCUT2D eigenvalue weighted by molar-refractivity contribution is -0.141. The van der Waals surface area contributed by atoms with Crippen LogP contribution >= 0.6 is 0 Å². The number of pyridine rings is 2. The minimum absolute atomic E-state index is 0.0543. The largest absolute Gasteiger partial charge is 0.434 e. The predicted octanol–water partition coefficient (Wildman–Crippen LogP) is 5.07. The highest BCUT2D eigenvalue weighted by Gasteiger charge is 2.39. The van der Waals surface area contributed by atoms with Gasteiger partial charge in [-0.3, -0.25) is 24.3 Å². The van der Waals surface area contributed by atoms with Gasteiger partial charge in [0, 0.05) is 49.5 Å². The van der Waals surface area contributed by atoms with Crippen LogP contribution in [0.4, 0.5) is 32.0 Å². The number of nitrogens with zero attached hydrogens (tertiary/aromatic N) is 4. The first-order valence-corrected chi connectivity index (χ1v) is 14.3. The van der Waals surface area contributed by atoms with Crippen LogP contribution in [-0.4, -0.2) is 66.2 Å². The lowest BCUT2D eigenvalue weighted by Gasteiger charge is -2.35. The number of para-hydroxylation sites is 1. The maximum atomic E-state index is 14.1. The molecule has 0 aliphatic carbocycles. The first-order chi connectivity index (χ1) is 20.7. The van der Waals surface area contributed by atoms with E-state index in [0.717, 1.165) is 34.2 Å². The third-order valence-electron chi connectivity index (χ3n) is 6.86. The van der Waals surface area contributed by atoms with Gasteiger partial charge in [-0.1, -0.05) is 18.2 Å². The van der Waals surface area contributed by atoms with Crippen molar-refractivity contribution < 1.29 is 44.3 Å². The predicted molar refractivity (Wildman–Crippen MR) is 145 cm³/mol. The number of carbonyl (C=O) groups is 2. The maximum absolute atomic E-state index is 14.1. The number of hydrogen-bond donors (Lipinski definition) is 1. The summed E-state index contributed by atoms with van der Waals surface area (Å²) < 4.78 is 110. The average Bonchev–Trinajstić information content (AvgIpc) is 2.99. The number of hydrogen-bond acceptors (Lipinski definition) is 6. The highest BCUT2D eigenvalue weighted by molar-refractivity contribution is 7.93. The van der Waals surface area contributed by atoms with Crippen LogP contribution in [0.15, 0.2) is 78.0 Å². The average molecular weight is 638 g/mol. The fraction of sp³-hybridized carbons (Fsp3) is 0.214. The Morgan fingerprint density at radius 3 is 2.02 bits per heavy atom. The summed E-state index contributed by atoms with van der Waals surface area (Å²) in [7, 11) is -4.55. The zero-order valence-corrected chi connectivity index (χ0v) is 23.2. The van der Waals surface area contributed by atoms with Crippen molar-refractivity contribution in [3.63, 3.8) is 0 Å². The van der Waals surface area contributed by atoms with E-state index >= 15 is 0 Å². The van der Waals surface area contributed by atoms with E-state index in [4.69, 9.17) is 0 Å². The van der Waals surface area contributed by atoms with E-state index in [0.29, 0.717) is 11.5 Å². The highest BCUT2D eigenvalue weighted by Crippen LogP contribution is 2.37. The normalized spacial score (nSPS) is 14.5.